The summed E-state index contributed by atoms with van der Waals surface area (Å²) in [6.07, 6.45) is 0.377. The molecular formula is C9H9I2NO2. The Morgan fingerprint density at radius 3 is 2.57 bits per heavy atom. The van der Waals surface area contributed by atoms with Gasteiger partial charge in [-0.2, -0.15) is 0 Å². The van der Waals surface area contributed by atoms with Gasteiger partial charge in [0, 0.05) is 7.14 Å². The molecule has 1 aromatic carbocycles. The molecule has 14 heavy (non-hydrogen) atoms. The molecule has 0 aliphatic carbocycles. The van der Waals surface area contributed by atoms with Crippen molar-refractivity contribution in [3.63, 3.8) is 0 Å². The molecule has 0 bridgehead atoms. The van der Waals surface area contributed by atoms with Crippen molar-refractivity contribution >= 4 is 51.2 Å². The van der Waals surface area contributed by atoms with E-state index < -0.39 is 12.0 Å². The molecule has 0 heterocycles. The van der Waals surface area contributed by atoms with Crippen molar-refractivity contribution in [2.45, 2.75) is 12.5 Å². The average molecular weight is 413 g/mol. The maximum Gasteiger partial charge on any atom is 0.320 e. The fourth-order valence-corrected chi connectivity index (χ4v) is 1.92. The van der Waals surface area contributed by atoms with Crippen LogP contribution in [-0.4, -0.2) is 17.1 Å². The Morgan fingerprint density at radius 2 is 2.07 bits per heavy atom. The Bertz CT molecular complexity index is 355. The third-order valence-corrected chi connectivity index (χ3v) is 4.62. The van der Waals surface area contributed by atoms with Crippen LogP contribution in [0.25, 0.3) is 0 Å². The summed E-state index contributed by atoms with van der Waals surface area (Å²) in [6.45, 7) is 0. The van der Waals surface area contributed by atoms with Crippen LogP contribution in [-0.2, 0) is 11.2 Å². The number of hydrogen-bond donors (Lipinski definition) is 2. The first-order chi connectivity index (χ1) is 6.50. The summed E-state index contributed by atoms with van der Waals surface area (Å²) in [5.74, 6) is -0.960. The second-order valence-corrected chi connectivity index (χ2v) is 5.22. The Labute approximate surface area is 109 Å². The number of carboxylic acid groups (broad SMARTS) is 1. The highest BCUT2D eigenvalue weighted by molar-refractivity contribution is 14.1. The van der Waals surface area contributed by atoms with Crippen molar-refractivity contribution in [1.29, 1.82) is 0 Å². The van der Waals surface area contributed by atoms with E-state index in [1.807, 2.05) is 18.2 Å². The number of benzene rings is 1. The number of rotatable bonds is 3. The van der Waals surface area contributed by atoms with Gasteiger partial charge in [0.2, 0.25) is 0 Å². The quantitative estimate of drug-likeness (QED) is 0.745. The number of carbonyl (C=O) groups is 1. The molecule has 0 saturated carbocycles. The average Bonchev–Trinajstić information content (AvgIpc) is 2.11. The van der Waals surface area contributed by atoms with Crippen LogP contribution in [0, 0.1) is 7.14 Å². The van der Waals surface area contributed by atoms with Crippen LogP contribution < -0.4 is 5.73 Å². The lowest BCUT2D eigenvalue weighted by Crippen LogP contribution is -2.32. The Kier molecular flexibility index (Phi) is 4.58. The van der Waals surface area contributed by atoms with E-state index in [2.05, 4.69) is 45.2 Å². The fourth-order valence-electron chi connectivity index (χ4n) is 1.01. The van der Waals surface area contributed by atoms with Crippen LogP contribution in [0.1, 0.15) is 5.56 Å². The Morgan fingerprint density at radius 1 is 1.43 bits per heavy atom. The summed E-state index contributed by atoms with van der Waals surface area (Å²) in [6, 6.07) is 5.02. The molecule has 1 rings (SSSR count). The highest BCUT2D eigenvalue weighted by atomic mass is 125. The minimum absolute atomic E-state index is 0.377. The number of hydrogen-bond acceptors (Lipinski definition) is 2. The predicted octanol–water partition coefficient (Wildman–Crippen LogP) is 1.85. The van der Waals surface area contributed by atoms with Crippen LogP contribution >= 0.6 is 45.2 Å². The Balaban J connectivity index is 2.78. The number of nitrogens with two attached hydrogens (primary N) is 1. The van der Waals surface area contributed by atoms with Gasteiger partial charge in [0.15, 0.2) is 0 Å². The smallest absolute Gasteiger partial charge is 0.320 e. The maximum atomic E-state index is 10.5. The van der Waals surface area contributed by atoms with E-state index in [0.717, 1.165) is 12.7 Å². The molecule has 3 nitrogen and oxygen atoms in total. The van der Waals surface area contributed by atoms with Gasteiger partial charge in [-0.25, -0.2) is 0 Å². The zero-order valence-corrected chi connectivity index (χ0v) is 11.5. The standard InChI is InChI=1S/C9H9I2NO2/c10-6-2-1-5(3-7(6)11)4-8(12)9(13)14/h1-3,8H,4,12H2,(H,13,14)/i10-2,11-2. The molecular weight excluding hydrogens is 404 g/mol. The van der Waals surface area contributed by atoms with Gasteiger partial charge in [0.1, 0.15) is 6.04 Å². The first-order valence-corrected chi connectivity index (χ1v) is 6.09. The van der Waals surface area contributed by atoms with Gasteiger partial charge in [0.05, 0.1) is 0 Å². The summed E-state index contributed by atoms with van der Waals surface area (Å²) < 4.78 is 2.29. The minimum Gasteiger partial charge on any atom is -0.480 e. The number of halogens is 2. The Hall–Kier alpha value is 0.110. The molecule has 1 aromatic rings. The van der Waals surface area contributed by atoms with Gasteiger partial charge in [-0.1, -0.05) is 6.07 Å². The summed E-state index contributed by atoms with van der Waals surface area (Å²) in [5, 5.41) is 8.64. The number of carboxylic acids is 1. The lowest BCUT2D eigenvalue weighted by molar-refractivity contribution is -0.138. The lowest BCUT2D eigenvalue weighted by Gasteiger charge is -2.07. The lowest BCUT2D eigenvalue weighted by atomic mass is 10.1. The summed E-state index contributed by atoms with van der Waals surface area (Å²) in [4.78, 5) is 10.5. The highest BCUT2D eigenvalue weighted by Crippen LogP contribution is 2.17. The van der Waals surface area contributed by atoms with Crippen molar-refractivity contribution in [3.8, 4) is 0 Å². The van der Waals surface area contributed by atoms with Crippen LogP contribution in [0.5, 0.6) is 0 Å². The summed E-state index contributed by atoms with van der Waals surface area (Å²) in [7, 11) is 0. The SMILES string of the molecule is NC(Cc1ccc([125I])c([125I])c1)C(=O)O. The second-order valence-electron chi connectivity index (χ2n) is 2.90. The van der Waals surface area contributed by atoms with E-state index in [1.165, 1.54) is 0 Å². The van der Waals surface area contributed by atoms with Gasteiger partial charge in [-0.05, 0) is 69.3 Å². The zero-order chi connectivity index (χ0) is 10.7. The first-order valence-electron chi connectivity index (χ1n) is 3.93. The van der Waals surface area contributed by atoms with Gasteiger partial charge in [-0.15, -0.1) is 0 Å². The number of aliphatic carboxylic acids is 1. The van der Waals surface area contributed by atoms with Crippen molar-refractivity contribution in [2.75, 3.05) is 0 Å². The molecule has 5 heteroatoms. The van der Waals surface area contributed by atoms with Crippen molar-refractivity contribution in [2.24, 2.45) is 5.73 Å². The van der Waals surface area contributed by atoms with Crippen LogP contribution in [0.2, 0.25) is 0 Å². The molecule has 0 saturated heterocycles. The van der Waals surface area contributed by atoms with E-state index in [9.17, 15) is 4.79 Å². The molecule has 76 valence electrons. The molecule has 1 atom stereocenters. The van der Waals surface area contributed by atoms with E-state index in [1.54, 1.807) is 0 Å². The molecule has 0 spiro atoms. The van der Waals surface area contributed by atoms with Gasteiger partial charge >= 0.3 is 5.97 Å². The van der Waals surface area contributed by atoms with Gasteiger partial charge < -0.3 is 10.8 Å². The minimum atomic E-state index is -0.960. The van der Waals surface area contributed by atoms with Crippen LogP contribution in [0.4, 0.5) is 0 Å². The van der Waals surface area contributed by atoms with Crippen molar-refractivity contribution < 1.29 is 9.90 Å². The molecule has 0 radical (unpaired) electrons. The molecule has 0 aliphatic heterocycles. The van der Waals surface area contributed by atoms with E-state index in [-0.39, 0.29) is 0 Å². The van der Waals surface area contributed by atoms with E-state index >= 15 is 0 Å². The van der Waals surface area contributed by atoms with Crippen molar-refractivity contribution in [3.05, 3.63) is 30.9 Å². The largest absolute Gasteiger partial charge is 0.480 e. The highest BCUT2D eigenvalue weighted by Gasteiger charge is 2.12. The van der Waals surface area contributed by atoms with Crippen LogP contribution in [0.3, 0.4) is 0 Å². The van der Waals surface area contributed by atoms with Gasteiger partial charge in [0.25, 0.3) is 0 Å². The third kappa shape index (κ3) is 3.35. The topological polar surface area (TPSA) is 63.3 Å². The van der Waals surface area contributed by atoms with Crippen molar-refractivity contribution in [1.82, 2.24) is 0 Å². The van der Waals surface area contributed by atoms with E-state index in [4.69, 9.17) is 10.8 Å². The molecule has 0 aromatic heterocycles. The summed E-state index contributed by atoms with van der Waals surface area (Å²) in [5.41, 5.74) is 6.40. The summed E-state index contributed by atoms with van der Waals surface area (Å²) >= 11 is 4.45. The predicted molar refractivity (Wildman–Crippen MR) is 71.2 cm³/mol. The molecule has 0 aliphatic rings. The second kappa shape index (κ2) is 5.26. The van der Waals surface area contributed by atoms with E-state index in [0.29, 0.717) is 6.42 Å². The molecule has 1 unspecified atom stereocenters. The van der Waals surface area contributed by atoms with Crippen LogP contribution in [0.15, 0.2) is 18.2 Å². The normalized spacial score (nSPS) is 12.5. The molecule has 3 N–H and O–H groups in total. The molecule has 0 amide bonds. The van der Waals surface area contributed by atoms with Gasteiger partial charge in [-0.3, -0.25) is 4.79 Å². The monoisotopic (exact) mass is 413 g/mol. The maximum absolute atomic E-state index is 10.5. The third-order valence-electron chi connectivity index (χ3n) is 1.76. The first kappa shape index (κ1) is 12.2. The fraction of sp³-hybridized carbons (Fsp3) is 0.222. The zero-order valence-electron chi connectivity index (χ0n) is 7.21. The molecule has 0 fully saturated rings.